The molecule has 0 unspecified atom stereocenters. The SMILES string of the molecule is COC(=O)[C@@H](NC(=O)c1cc2c(s1)-c1ccccc1CC2)C(C)C. The van der Waals surface area contributed by atoms with Gasteiger partial charge in [0.25, 0.3) is 5.91 Å². The van der Waals surface area contributed by atoms with Gasteiger partial charge < -0.3 is 10.1 Å². The number of hydrogen-bond acceptors (Lipinski definition) is 4. The fraction of sp³-hybridized carbons (Fsp3) is 0.368. The predicted octanol–water partition coefficient (Wildman–Crippen LogP) is 3.44. The predicted molar refractivity (Wildman–Crippen MR) is 95.3 cm³/mol. The molecule has 0 radical (unpaired) electrons. The van der Waals surface area contributed by atoms with E-state index in [0.29, 0.717) is 4.88 Å². The second-order valence-electron chi connectivity index (χ2n) is 6.34. The molecule has 1 N–H and O–H groups in total. The standard InChI is InChI=1S/C19H21NO3S/c1-11(2)16(19(22)23-3)20-18(21)15-10-13-9-8-12-6-4-5-7-14(12)17(13)24-15/h4-7,10-11,16H,8-9H2,1-3H3,(H,20,21)/t16-/m0/s1. The van der Waals surface area contributed by atoms with Crippen LogP contribution in [0, 0.1) is 5.92 Å². The molecule has 1 atom stereocenters. The summed E-state index contributed by atoms with van der Waals surface area (Å²) in [4.78, 5) is 26.3. The van der Waals surface area contributed by atoms with Crippen LogP contribution in [-0.4, -0.2) is 25.0 Å². The summed E-state index contributed by atoms with van der Waals surface area (Å²) in [5.41, 5.74) is 3.76. The van der Waals surface area contributed by atoms with E-state index in [2.05, 4.69) is 23.5 Å². The Kier molecular flexibility index (Phi) is 4.71. The van der Waals surface area contributed by atoms with Crippen LogP contribution in [0.2, 0.25) is 0 Å². The zero-order valence-corrected chi connectivity index (χ0v) is 14.9. The minimum Gasteiger partial charge on any atom is -0.467 e. The number of carbonyl (C=O) groups is 2. The van der Waals surface area contributed by atoms with Gasteiger partial charge in [-0.05, 0) is 41.5 Å². The van der Waals surface area contributed by atoms with Gasteiger partial charge in [-0.3, -0.25) is 4.79 Å². The van der Waals surface area contributed by atoms with Gasteiger partial charge in [0, 0.05) is 4.88 Å². The molecule has 1 aliphatic carbocycles. The zero-order valence-electron chi connectivity index (χ0n) is 14.1. The first-order valence-corrected chi connectivity index (χ1v) is 8.92. The van der Waals surface area contributed by atoms with E-state index in [4.69, 9.17) is 4.74 Å². The Balaban J connectivity index is 1.86. The number of fused-ring (bicyclic) bond motifs is 3. The number of amides is 1. The van der Waals surface area contributed by atoms with E-state index in [1.54, 1.807) is 0 Å². The monoisotopic (exact) mass is 343 g/mol. The second-order valence-corrected chi connectivity index (χ2v) is 7.39. The number of hydrogen-bond donors (Lipinski definition) is 1. The first-order chi connectivity index (χ1) is 11.5. The number of methoxy groups -OCH3 is 1. The first kappa shape index (κ1) is 16.7. The largest absolute Gasteiger partial charge is 0.467 e. The molecule has 1 amide bonds. The van der Waals surface area contributed by atoms with Crippen LogP contribution in [0.25, 0.3) is 10.4 Å². The molecule has 1 aromatic heterocycles. The molecule has 2 aromatic rings. The van der Waals surface area contributed by atoms with Crippen LogP contribution >= 0.6 is 11.3 Å². The van der Waals surface area contributed by atoms with Gasteiger partial charge in [-0.2, -0.15) is 0 Å². The van der Waals surface area contributed by atoms with Gasteiger partial charge in [0.15, 0.2) is 0 Å². The summed E-state index contributed by atoms with van der Waals surface area (Å²) in [5.74, 6) is -0.655. The third kappa shape index (κ3) is 3.08. The number of ether oxygens (including phenoxy) is 1. The number of benzene rings is 1. The summed E-state index contributed by atoms with van der Waals surface area (Å²) in [6.45, 7) is 3.77. The molecule has 0 saturated carbocycles. The van der Waals surface area contributed by atoms with Gasteiger partial charge in [-0.1, -0.05) is 38.1 Å². The van der Waals surface area contributed by atoms with E-state index in [1.807, 2.05) is 26.0 Å². The number of aryl methyl sites for hydroxylation is 2. The summed E-state index contributed by atoms with van der Waals surface area (Å²) in [5, 5.41) is 2.81. The van der Waals surface area contributed by atoms with Crippen molar-refractivity contribution in [3.8, 4) is 10.4 Å². The molecule has 1 aliphatic rings. The fourth-order valence-corrected chi connectivity index (χ4v) is 4.19. The topological polar surface area (TPSA) is 55.4 Å². The lowest BCUT2D eigenvalue weighted by atomic mass is 9.91. The van der Waals surface area contributed by atoms with Crippen LogP contribution in [0.15, 0.2) is 30.3 Å². The summed E-state index contributed by atoms with van der Waals surface area (Å²) in [6, 6.07) is 9.66. The van der Waals surface area contributed by atoms with Crippen molar-refractivity contribution in [3.05, 3.63) is 46.3 Å². The summed E-state index contributed by atoms with van der Waals surface area (Å²) < 4.78 is 4.79. The van der Waals surface area contributed by atoms with E-state index in [9.17, 15) is 9.59 Å². The number of thiophene rings is 1. The van der Waals surface area contributed by atoms with E-state index < -0.39 is 12.0 Å². The average Bonchev–Trinajstić information content (AvgIpc) is 3.03. The van der Waals surface area contributed by atoms with Crippen molar-refractivity contribution in [2.45, 2.75) is 32.7 Å². The minimum absolute atomic E-state index is 0.0308. The lowest BCUT2D eigenvalue weighted by Crippen LogP contribution is -2.44. The molecule has 1 heterocycles. The summed E-state index contributed by atoms with van der Waals surface area (Å²) >= 11 is 1.49. The summed E-state index contributed by atoms with van der Waals surface area (Å²) in [7, 11) is 1.34. The quantitative estimate of drug-likeness (QED) is 0.865. The van der Waals surface area contributed by atoms with Crippen LogP contribution in [-0.2, 0) is 22.4 Å². The minimum atomic E-state index is -0.631. The van der Waals surface area contributed by atoms with Gasteiger partial charge in [0.2, 0.25) is 0 Å². The van der Waals surface area contributed by atoms with Crippen LogP contribution in [0.4, 0.5) is 0 Å². The molecule has 0 bridgehead atoms. The third-order valence-corrected chi connectivity index (χ3v) is 5.58. The molecular weight excluding hydrogens is 322 g/mol. The van der Waals surface area contributed by atoms with E-state index in [-0.39, 0.29) is 11.8 Å². The van der Waals surface area contributed by atoms with Crippen LogP contribution in [0.3, 0.4) is 0 Å². The molecule has 126 valence electrons. The highest BCUT2D eigenvalue weighted by molar-refractivity contribution is 7.17. The molecule has 5 heteroatoms. The van der Waals surface area contributed by atoms with Gasteiger partial charge in [-0.25, -0.2) is 4.79 Å². The first-order valence-electron chi connectivity index (χ1n) is 8.11. The average molecular weight is 343 g/mol. The Bertz CT molecular complexity index is 779. The molecule has 4 nitrogen and oxygen atoms in total. The molecule has 0 saturated heterocycles. The highest BCUT2D eigenvalue weighted by atomic mass is 32.1. The maximum Gasteiger partial charge on any atom is 0.328 e. The maximum atomic E-state index is 12.6. The van der Waals surface area contributed by atoms with Crippen molar-refractivity contribution in [2.24, 2.45) is 5.92 Å². The number of nitrogens with one attached hydrogen (secondary N) is 1. The van der Waals surface area contributed by atoms with Crippen molar-refractivity contribution in [3.63, 3.8) is 0 Å². The molecule has 0 fully saturated rings. The van der Waals surface area contributed by atoms with Crippen LogP contribution in [0.5, 0.6) is 0 Å². The van der Waals surface area contributed by atoms with Crippen molar-refractivity contribution < 1.29 is 14.3 Å². The Morgan fingerprint density at radius 3 is 2.58 bits per heavy atom. The molecule has 3 rings (SSSR count). The molecule has 0 aliphatic heterocycles. The highest BCUT2D eigenvalue weighted by Crippen LogP contribution is 2.39. The molecular formula is C19H21NO3S. The van der Waals surface area contributed by atoms with E-state index >= 15 is 0 Å². The Morgan fingerprint density at radius 2 is 1.88 bits per heavy atom. The van der Waals surface area contributed by atoms with Crippen molar-refractivity contribution in [1.82, 2.24) is 5.32 Å². The second kappa shape index (κ2) is 6.77. The molecule has 0 spiro atoms. The summed E-state index contributed by atoms with van der Waals surface area (Å²) in [6.07, 6.45) is 1.94. The van der Waals surface area contributed by atoms with Gasteiger partial charge in [0.1, 0.15) is 6.04 Å². The third-order valence-electron chi connectivity index (χ3n) is 4.37. The normalized spacial score (nSPS) is 13.8. The highest BCUT2D eigenvalue weighted by Gasteiger charge is 2.27. The van der Waals surface area contributed by atoms with E-state index in [1.165, 1.54) is 40.0 Å². The van der Waals surface area contributed by atoms with Crippen LogP contribution in [0.1, 0.15) is 34.6 Å². The zero-order chi connectivity index (χ0) is 17.3. The molecule has 24 heavy (non-hydrogen) atoms. The van der Waals surface area contributed by atoms with Crippen molar-refractivity contribution in [2.75, 3.05) is 7.11 Å². The smallest absolute Gasteiger partial charge is 0.328 e. The fourth-order valence-electron chi connectivity index (χ4n) is 3.02. The Labute approximate surface area is 145 Å². The maximum absolute atomic E-state index is 12.6. The van der Waals surface area contributed by atoms with E-state index in [0.717, 1.165) is 12.8 Å². The van der Waals surface area contributed by atoms with Crippen molar-refractivity contribution >= 4 is 23.2 Å². The number of rotatable bonds is 4. The number of esters is 1. The molecule has 1 aromatic carbocycles. The lowest BCUT2D eigenvalue weighted by Gasteiger charge is -2.19. The Morgan fingerprint density at radius 1 is 1.17 bits per heavy atom. The number of carbonyl (C=O) groups excluding carboxylic acids is 2. The van der Waals surface area contributed by atoms with Crippen LogP contribution < -0.4 is 5.32 Å². The van der Waals surface area contributed by atoms with Gasteiger partial charge in [-0.15, -0.1) is 11.3 Å². The van der Waals surface area contributed by atoms with Crippen molar-refractivity contribution in [1.29, 1.82) is 0 Å². The lowest BCUT2D eigenvalue weighted by molar-refractivity contribution is -0.144. The van der Waals surface area contributed by atoms with Gasteiger partial charge >= 0.3 is 5.97 Å². The van der Waals surface area contributed by atoms with Gasteiger partial charge in [0.05, 0.1) is 12.0 Å². The Hall–Kier alpha value is -2.14.